The summed E-state index contributed by atoms with van der Waals surface area (Å²) in [5, 5.41) is 0. The molecule has 3 aromatic carbocycles. The predicted molar refractivity (Wildman–Crippen MR) is 137 cm³/mol. The number of para-hydroxylation sites is 1. The van der Waals surface area contributed by atoms with E-state index in [-0.39, 0.29) is 0 Å². The molecule has 4 nitrogen and oxygen atoms in total. The van der Waals surface area contributed by atoms with E-state index in [1.54, 1.807) is 0 Å². The summed E-state index contributed by atoms with van der Waals surface area (Å²) >= 11 is 1.15. The van der Waals surface area contributed by atoms with Crippen molar-refractivity contribution in [1.29, 1.82) is 0 Å². The number of hydrogen-bond acceptors (Lipinski definition) is 5. The maximum atomic E-state index is 13.5. The number of hydrogen-bond donors (Lipinski definition) is 0. The van der Waals surface area contributed by atoms with E-state index in [4.69, 9.17) is 13.8 Å². The first kappa shape index (κ1) is 23.8. The van der Waals surface area contributed by atoms with Crippen molar-refractivity contribution in [2.75, 3.05) is 13.2 Å². The Labute approximate surface area is 200 Å². The van der Waals surface area contributed by atoms with Crippen molar-refractivity contribution in [3.8, 4) is 5.75 Å². The van der Waals surface area contributed by atoms with Gasteiger partial charge >= 0.3 is 6.80 Å². The van der Waals surface area contributed by atoms with Crippen LogP contribution in [0.3, 0.4) is 0 Å². The normalized spacial score (nSPS) is 14.8. The zero-order valence-corrected chi connectivity index (χ0v) is 21.1. The molecular weight excluding hydrogens is 451 g/mol. The van der Waals surface area contributed by atoms with Crippen LogP contribution in [0.5, 0.6) is 5.75 Å². The van der Waals surface area contributed by atoms with E-state index in [9.17, 15) is 4.57 Å². The number of benzene rings is 3. The Morgan fingerprint density at radius 3 is 1.85 bits per heavy atom. The van der Waals surface area contributed by atoms with Crippen LogP contribution in [-0.4, -0.2) is 13.2 Å². The lowest BCUT2D eigenvalue weighted by atomic mass is 9.83. The van der Waals surface area contributed by atoms with Crippen molar-refractivity contribution in [1.82, 2.24) is 0 Å². The van der Waals surface area contributed by atoms with E-state index in [2.05, 4.69) is 68.5 Å². The predicted octanol–water partition coefficient (Wildman–Crippen LogP) is 7.89. The highest BCUT2D eigenvalue weighted by molar-refractivity contribution is 8.59. The Balaban J connectivity index is 1.94. The monoisotopic (exact) mass is 480 g/mol. The third-order valence-electron chi connectivity index (χ3n) is 5.50. The fourth-order valence-electron chi connectivity index (χ4n) is 3.88. The van der Waals surface area contributed by atoms with Gasteiger partial charge in [-0.3, -0.25) is 0 Å². The van der Waals surface area contributed by atoms with Crippen LogP contribution in [0, 0.1) is 13.8 Å². The molecule has 0 saturated heterocycles. The average Bonchev–Trinajstić information content (AvgIpc) is 2.80. The van der Waals surface area contributed by atoms with Gasteiger partial charge in [-0.2, -0.15) is 0 Å². The minimum atomic E-state index is -3.41. The molecule has 33 heavy (non-hydrogen) atoms. The summed E-state index contributed by atoms with van der Waals surface area (Å²) in [5.74, 6) is 0.725. The first-order valence-electron chi connectivity index (χ1n) is 11.1. The lowest BCUT2D eigenvalue weighted by Gasteiger charge is -2.38. The fraction of sp³-hybridized carbons (Fsp3) is 0.259. The van der Waals surface area contributed by atoms with Crippen LogP contribution in [0.25, 0.3) is 4.91 Å². The minimum Gasteiger partial charge on any atom is -0.473 e. The Kier molecular flexibility index (Phi) is 7.16. The first-order valence-corrected chi connectivity index (χ1v) is 14.1. The molecular formula is C27H29O4PS. The van der Waals surface area contributed by atoms with Crippen molar-refractivity contribution < 1.29 is 18.3 Å². The molecule has 0 atom stereocenters. The highest BCUT2D eigenvalue weighted by Gasteiger charge is 2.41. The maximum Gasteiger partial charge on any atom is 0.393 e. The Morgan fingerprint density at radius 2 is 1.33 bits per heavy atom. The van der Waals surface area contributed by atoms with Crippen LogP contribution in [0.4, 0.5) is 0 Å². The first-order chi connectivity index (χ1) is 15.9. The average molecular weight is 481 g/mol. The van der Waals surface area contributed by atoms with Gasteiger partial charge in [0.25, 0.3) is 0 Å². The van der Waals surface area contributed by atoms with E-state index in [0.29, 0.717) is 13.2 Å². The van der Waals surface area contributed by atoms with Crippen LogP contribution in [0.15, 0.2) is 78.9 Å². The van der Waals surface area contributed by atoms with Crippen LogP contribution < -0.4 is 4.74 Å². The van der Waals surface area contributed by atoms with Crippen molar-refractivity contribution >= 4 is 23.1 Å². The molecule has 1 aliphatic heterocycles. The van der Waals surface area contributed by atoms with Gasteiger partial charge in [0.05, 0.1) is 13.2 Å². The summed E-state index contributed by atoms with van der Waals surface area (Å²) in [7, 11) is 0. The number of fused-ring (bicyclic) bond motifs is 1. The van der Waals surface area contributed by atoms with E-state index < -0.39 is 12.4 Å². The van der Waals surface area contributed by atoms with Gasteiger partial charge in [0, 0.05) is 21.6 Å². The second-order valence-electron chi connectivity index (χ2n) is 7.95. The van der Waals surface area contributed by atoms with Gasteiger partial charge in [-0.05, 0) is 51.2 Å². The van der Waals surface area contributed by atoms with Gasteiger partial charge in [0.1, 0.15) is 5.75 Å². The van der Waals surface area contributed by atoms with E-state index >= 15 is 0 Å². The molecule has 0 N–H and O–H groups in total. The summed E-state index contributed by atoms with van der Waals surface area (Å²) in [6.45, 7) is 4.97. The minimum absolute atomic E-state index is 0.302. The summed E-state index contributed by atoms with van der Waals surface area (Å²) < 4.78 is 31.5. The van der Waals surface area contributed by atoms with Crippen LogP contribution in [0.2, 0.25) is 0 Å². The molecule has 0 bridgehead atoms. The van der Waals surface area contributed by atoms with E-state index in [1.807, 2.05) is 38.1 Å². The lowest BCUT2D eigenvalue weighted by molar-refractivity contribution is 0.160. The zero-order valence-electron chi connectivity index (χ0n) is 19.4. The summed E-state index contributed by atoms with van der Waals surface area (Å²) in [4.78, 5) is 0.809. The molecule has 0 radical (unpaired) electrons. The van der Waals surface area contributed by atoms with E-state index in [1.165, 1.54) is 11.1 Å². The molecule has 3 aromatic rings. The second-order valence-corrected chi connectivity index (χ2v) is 11.9. The summed E-state index contributed by atoms with van der Waals surface area (Å²) in [6.07, 6.45) is 2.06. The Bertz CT molecular complexity index is 1130. The van der Waals surface area contributed by atoms with Crippen molar-refractivity contribution in [3.63, 3.8) is 0 Å². The van der Waals surface area contributed by atoms with Gasteiger partial charge in [-0.25, -0.2) is 4.57 Å². The highest BCUT2D eigenvalue weighted by Crippen LogP contribution is 2.67. The lowest BCUT2D eigenvalue weighted by Crippen LogP contribution is -2.35. The molecule has 0 spiro atoms. The van der Waals surface area contributed by atoms with Gasteiger partial charge in [-0.1, -0.05) is 77.9 Å². The summed E-state index contributed by atoms with van der Waals surface area (Å²) in [5.41, 5.74) is 4.31. The molecule has 0 saturated carbocycles. The van der Waals surface area contributed by atoms with Gasteiger partial charge < -0.3 is 13.8 Å². The molecule has 6 heteroatoms. The van der Waals surface area contributed by atoms with Gasteiger partial charge in [0.2, 0.25) is 0 Å². The molecule has 4 rings (SSSR count). The molecule has 0 aromatic heterocycles. The molecule has 0 amide bonds. The molecule has 0 fully saturated rings. The number of aryl methyl sites for hydroxylation is 2. The van der Waals surface area contributed by atoms with Gasteiger partial charge in [0.15, 0.2) is 5.60 Å². The molecule has 1 aliphatic rings. The quantitative estimate of drug-likeness (QED) is 0.307. The topological polar surface area (TPSA) is 44.8 Å². The maximum absolute atomic E-state index is 13.5. The molecule has 172 valence electrons. The molecule has 0 unspecified atom stereocenters. The smallest absolute Gasteiger partial charge is 0.393 e. The zero-order chi connectivity index (χ0) is 23.5. The van der Waals surface area contributed by atoms with Crippen molar-refractivity contribution in [2.24, 2.45) is 0 Å². The highest BCUT2D eigenvalue weighted by atomic mass is 32.7. The second kappa shape index (κ2) is 9.90. The Hall–Kier alpha value is -2.30. The van der Waals surface area contributed by atoms with Crippen molar-refractivity contribution in [2.45, 2.75) is 33.3 Å². The molecule has 1 heterocycles. The van der Waals surface area contributed by atoms with Crippen molar-refractivity contribution in [3.05, 3.63) is 107 Å². The van der Waals surface area contributed by atoms with Crippen LogP contribution in [0.1, 0.15) is 41.7 Å². The fourth-order valence-corrected chi connectivity index (χ4v) is 7.54. The third kappa shape index (κ3) is 4.97. The third-order valence-corrected chi connectivity index (χ3v) is 9.30. The van der Waals surface area contributed by atoms with Gasteiger partial charge in [-0.15, -0.1) is 0 Å². The number of ether oxygens (including phenoxy) is 1. The van der Waals surface area contributed by atoms with Crippen LogP contribution in [-0.2, 0) is 19.2 Å². The largest absolute Gasteiger partial charge is 0.473 e. The SMILES string of the molecule is CCOP(=O)(OCC)SC1=CC(c2ccc(C)cc2)(c2ccc(C)cc2)Oc2ccccc21. The number of rotatable bonds is 8. The Morgan fingerprint density at radius 1 is 0.818 bits per heavy atom. The van der Waals surface area contributed by atoms with E-state index in [0.717, 1.165) is 38.7 Å². The van der Waals surface area contributed by atoms with Crippen LogP contribution >= 0.6 is 18.2 Å². The molecule has 0 aliphatic carbocycles. The summed E-state index contributed by atoms with van der Waals surface area (Å²) in [6, 6.07) is 24.5. The standard InChI is InChI=1S/C27H29O4PS/c1-5-29-32(28,30-6-2)33-26-19-27(22-15-11-20(3)12-16-22,23-17-13-21(4)14-18-23)31-25-10-8-7-9-24(25)26/h7-19H,5-6H2,1-4H3.